The molecule has 92 valence electrons. The fraction of sp³-hybridized carbons (Fsp3) is 0.0769. The van der Waals surface area contributed by atoms with Gasteiger partial charge in [-0.25, -0.2) is 0 Å². The van der Waals surface area contributed by atoms with E-state index in [4.69, 9.17) is 23.2 Å². The number of nitrogens with zero attached hydrogens (tertiary/aromatic N) is 1. The van der Waals surface area contributed by atoms with Crippen molar-refractivity contribution in [2.45, 2.75) is 6.54 Å². The van der Waals surface area contributed by atoms with Crippen molar-refractivity contribution < 1.29 is 4.79 Å². The van der Waals surface area contributed by atoms with E-state index in [1.807, 2.05) is 12.1 Å². The summed E-state index contributed by atoms with van der Waals surface area (Å²) < 4.78 is 0. The van der Waals surface area contributed by atoms with Gasteiger partial charge < -0.3 is 5.32 Å². The molecular formula is C13H10Cl2N2O. The summed E-state index contributed by atoms with van der Waals surface area (Å²) in [5, 5.41) is 3.75. The Bertz CT molecular complexity index is 572. The Morgan fingerprint density at radius 3 is 2.83 bits per heavy atom. The Balaban J connectivity index is 2.03. The molecule has 3 nitrogen and oxygen atoms in total. The van der Waals surface area contributed by atoms with Crippen LogP contribution in [0.2, 0.25) is 10.0 Å². The van der Waals surface area contributed by atoms with Crippen LogP contribution >= 0.6 is 23.2 Å². The average Bonchev–Trinajstić information content (AvgIpc) is 2.37. The average molecular weight is 281 g/mol. The zero-order valence-electron chi connectivity index (χ0n) is 9.36. The molecule has 0 radical (unpaired) electrons. The number of carbonyl (C=O) groups excluding carboxylic acids is 1. The maximum atomic E-state index is 11.9. The molecule has 0 saturated carbocycles. The van der Waals surface area contributed by atoms with Crippen LogP contribution in [-0.2, 0) is 6.54 Å². The van der Waals surface area contributed by atoms with Crippen LogP contribution in [0.25, 0.3) is 0 Å². The van der Waals surface area contributed by atoms with Gasteiger partial charge in [-0.05, 0) is 23.8 Å². The number of aromatic nitrogens is 1. The molecular weight excluding hydrogens is 271 g/mol. The minimum atomic E-state index is -0.234. The smallest absolute Gasteiger partial charge is 0.253 e. The van der Waals surface area contributed by atoms with Crippen molar-refractivity contribution in [3.63, 3.8) is 0 Å². The highest BCUT2D eigenvalue weighted by Gasteiger charge is 2.09. The van der Waals surface area contributed by atoms with Gasteiger partial charge in [0, 0.05) is 24.0 Å². The minimum Gasteiger partial charge on any atom is -0.348 e. The SMILES string of the molecule is O=C(NCc1cccc(Cl)c1)c1ccncc1Cl. The maximum Gasteiger partial charge on any atom is 0.253 e. The predicted octanol–water partition coefficient (Wildman–Crippen LogP) is 3.32. The molecule has 1 amide bonds. The van der Waals surface area contributed by atoms with Gasteiger partial charge in [0.15, 0.2) is 0 Å². The third kappa shape index (κ3) is 3.22. The predicted molar refractivity (Wildman–Crippen MR) is 71.9 cm³/mol. The second-order valence-corrected chi connectivity index (χ2v) is 4.51. The fourth-order valence-corrected chi connectivity index (χ4v) is 1.90. The van der Waals surface area contributed by atoms with Crippen LogP contribution in [0.5, 0.6) is 0 Å². The maximum absolute atomic E-state index is 11.9. The van der Waals surface area contributed by atoms with Gasteiger partial charge in [-0.15, -0.1) is 0 Å². The Morgan fingerprint density at radius 1 is 1.28 bits per heavy atom. The second-order valence-electron chi connectivity index (χ2n) is 3.67. The number of halogens is 2. The van der Waals surface area contributed by atoms with Crippen molar-refractivity contribution in [2.75, 3.05) is 0 Å². The zero-order chi connectivity index (χ0) is 13.0. The lowest BCUT2D eigenvalue weighted by molar-refractivity contribution is 0.0951. The third-order valence-corrected chi connectivity index (χ3v) is 2.90. The summed E-state index contributed by atoms with van der Waals surface area (Å²) in [5.41, 5.74) is 1.34. The van der Waals surface area contributed by atoms with Crippen molar-refractivity contribution in [1.82, 2.24) is 10.3 Å². The van der Waals surface area contributed by atoms with Crippen LogP contribution in [0.4, 0.5) is 0 Å². The van der Waals surface area contributed by atoms with Crippen molar-refractivity contribution >= 4 is 29.1 Å². The molecule has 2 aromatic rings. The van der Waals surface area contributed by atoms with E-state index < -0.39 is 0 Å². The largest absolute Gasteiger partial charge is 0.348 e. The van der Waals surface area contributed by atoms with E-state index in [-0.39, 0.29) is 5.91 Å². The molecule has 0 atom stereocenters. The number of hydrogen-bond acceptors (Lipinski definition) is 2. The van der Waals surface area contributed by atoms with E-state index in [9.17, 15) is 4.79 Å². The molecule has 0 aliphatic carbocycles. The first-order valence-corrected chi connectivity index (χ1v) is 6.04. The number of carbonyl (C=O) groups is 1. The molecule has 0 spiro atoms. The first kappa shape index (κ1) is 12.9. The number of hydrogen-bond donors (Lipinski definition) is 1. The summed E-state index contributed by atoms with van der Waals surface area (Å²) in [6.07, 6.45) is 2.97. The van der Waals surface area contributed by atoms with Crippen LogP contribution in [0.3, 0.4) is 0 Å². The number of pyridine rings is 1. The lowest BCUT2D eigenvalue weighted by atomic mass is 10.2. The molecule has 0 fully saturated rings. The normalized spacial score (nSPS) is 10.1. The number of nitrogens with one attached hydrogen (secondary N) is 1. The Hall–Kier alpha value is -1.58. The number of benzene rings is 1. The molecule has 0 bridgehead atoms. The molecule has 0 aliphatic heterocycles. The first-order chi connectivity index (χ1) is 8.66. The summed E-state index contributed by atoms with van der Waals surface area (Å²) in [6.45, 7) is 0.401. The third-order valence-electron chi connectivity index (χ3n) is 2.36. The summed E-state index contributed by atoms with van der Waals surface area (Å²) in [4.78, 5) is 15.7. The summed E-state index contributed by atoms with van der Waals surface area (Å²) in [5.74, 6) is -0.234. The van der Waals surface area contributed by atoms with Crippen molar-refractivity contribution in [3.05, 3.63) is 63.9 Å². The molecule has 5 heteroatoms. The monoisotopic (exact) mass is 280 g/mol. The lowest BCUT2D eigenvalue weighted by Gasteiger charge is -2.06. The molecule has 0 saturated heterocycles. The van der Waals surface area contributed by atoms with Gasteiger partial charge in [-0.3, -0.25) is 9.78 Å². The first-order valence-electron chi connectivity index (χ1n) is 5.29. The number of amides is 1. The molecule has 0 unspecified atom stereocenters. The topological polar surface area (TPSA) is 42.0 Å². The Morgan fingerprint density at radius 2 is 2.11 bits per heavy atom. The minimum absolute atomic E-state index is 0.234. The van der Waals surface area contributed by atoms with Gasteiger partial charge >= 0.3 is 0 Å². The van der Waals surface area contributed by atoms with Crippen molar-refractivity contribution in [2.24, 2.45) is 0 Å². The van der Waals surface area contributed by atoms with E-state index in [2.05, 4.69) is 10.3 Å². The molecule has 1 aromatic carbocycles. The fourth-order valence-electron chi connectivity index (χ4n) is 1.48. The zero-order valence-corrected chi connectivity index (χ0v) is 10.9. The molecule has 0 aliphatic rings. The molecule has 1 aromatic heterocycles. The van der Waals surface area contributed by atoms with Gasteiger partial charge in [0.1, 0.15) is 0 Å². The Kier molecular flexibility index (Phi) is 4.18. The summed E-state index contributed by atoms with van der Waals surface area (Å²) in [7, 11) is 0. The molecule has 1 N–H and O–H groups in total. The highest BCUT2D eigenvalue weighted by Crippen LogP contribution is 2.14. The van der Waals surface area contributed by atoms with Crippen LogP contribution in [0.1, 0.15) is 15.9 Å². The Labute approximate surface area is 115 Å². The highest BCUT2D eigenvalue weighted by atomic mass is 35.5. The van der Waals surface area contributed by atoms with E-state index in [0.29, 0.717) is 22.2 Å². The van der Waals surface area contributed by atoms with E-state index in [0.717, 1.165) is 5.56 Å². The lowest BCUT2D eigenvalue weighted by Crippen LogP contribution is -2.23. The summed E-state index contributed by atoms with van der Waals surface area (Å²) in [6, 6.07) is 8.89. The van der Waals surface area contributed by atoms with E-state index in [1.54, 1.807) is 18.2 Å². The quantitative estimate of drug-likeness (QED) is 0.937. The number of rotatable bonds is 3. The second kappa shape index (κ2) is 5.85. The van der Waals surface area contributed by atoms with Gasteiger partial charge in [-0.1, -0.05) is 35.3 Å². The van der Waals surface area contributed by atoms with E-state index >= 15 is 0 Å². The van der Waals surface area contributed by atoms with Crippen molar-refractivity contribution in [1.29, 1.82) is 0 Å². The standard InChI is InChI=1S/C13H10Cl2N2O/c14-10-3-1-2-9(6-10)7-17-13(18)11-4-5-16-8-12(11)15/h1-6,8H,7H2,(H,17,18). The van der Waals surface area contributed by atoms with Gasteiger partial charge in [-0.2, -0.15) is 0 Å². The van der Waals surface area contributed by atoms with Crippen LogP contribution in [-0.4, -0.2) is 10.9 Å². The van der Waals surface area contributed by atoms with Gasteiger partial charge in [0.05, 0.1) is 10.6 Å². The van der Waals surface area contributed by atoms with Crippen LogP contribution < -0.4 is 5.32 Å². The molecule has 1 heterocycles. The highest BCUT2D eigenvalue weighted by molar-refractivity contribution is 6.33. The van der Waals surface area contributed by atoms with Gasteiger partial charge in [0.25, 0.3) is 5.91 Å². The summed E-state index contributed by atoms with van der Waals surface area (Å²) >= 11 is 11.7. The molecule has 18 heavy (non-hydrogen) atoms. The van der Waals surface area contributed by atoms with E-state index in [1.165, 1.54) is 12.4 Å². The van der Waals surface area contributed by atoms with Crippen LogP contribution in [0.15, 0.2) is 42.7 Å². The van der Waals surface area contributed by atoms with Crippen molar-refractivity contribution in [3.8, 4) is 0 Å². The van der Waals surface area contributed by atoms with Crippen LogP contribution in [0, 0.1) is 0 Å². The molecule has 2 rings (SSSR count). The van der Waals surface area contributed by atoms with Gasteiger partial charge in [0.2, 0.25) is 0 Å².